The molecule has 1 heterocycles. The molecule has 0 radical (unpaired) electrons. The van der Waals surface area contributed by atoms with E-state index in [1.54, 1.807) is 6.92 Å². The zero-order chi connectivity index (χ0) is 13.9. The molecule has 0 amide bonds. The second kappa shape index (κ2) is 5.38. The Hall–Kier alpha value is -1.92. The van der Waals surface area contributed by atoms with Gasteiger partial charge in [-0.25, -0.2) is 18.1 Å². The van der Waals surface area contributed by atoms with Gasteiger partial charge in [0.25, 0.3) is 0 Å². The van der Waals surface area contributed by atoms with Gasteiger partial charge in [-0.1, -0.05) is 30.3 Å². The number of nitrogen functional groups attached to an aromatic ring is 1. The number of nitrogens with zero attached hydrogens (tertiary/aromatic N) is 1. The number of nitrogens with two attached hydrogens (primary N) is 1. The van der Waals surface area contributed by atoms with E-state index in [-0.39, 0.29) is 16.8 Å². The average molecular weight is 277 g/mol. The molecule has 19 heavy (non-hydrogen) atoms. The van der Waals surface area contributed by atoms with Gasteiger partial charge < -0.3 is 5.73 Å². The van der Waals surface area contributed by atoms with Crippen LogP contribution in [0, 0.1) is 0 Å². The molecule has 0 aliphatic heterocycles. The Labute approximate surface area is 112 Å². The minimum Gasteiger partial charge on any atom is -0.384 e. The maximum Gasteiger partial charge on any atom is 0.242 e. The fourth-order valence-corrected chi connectivity index (χ4v) is 2.84. The number of pyridine rings is 1. The third kappa shape index (κ3) is 3.30. The van der Waals surface area contributed by atoms with E-state index in [1.807, 2.05) is 30.3 Å². The fourth-order valence-electron chi connectivity index (χ4n) is 1.66. The van der Waals surface area contributed by atoms with E-state index < -0.39 is 10.0 Å². The molecule has 0 bridgehead atoms. The Morgan fingerprint density at radius 2 is 1.84 bits per heavy atom. The number of benzene rings is 1. The molecule has 5 nitrogen and oxygen atoms in total. The van der Waals surface area contributed by atoms with Gasteiger partial charge in [-0.15, -0.1) is 0 Å². The number of anilines is 1. The highest BCUT2D eigenvalue weighted by molar-refractivity contribution is 7.89. The van der Waals surface area contributed by atoms with Gasteiger partial charge in [0.1, 0.15) is 10.7 Å². The molecule has 0 saturated carbocycles. The summed E-state index contributed by atoms with van der Waals surface area (Å²) >= 11 is 0. The van der Waals surface area contributed by atoms with Gasteiger partial charge in [0.15, 0.2) is 0 Å². The van der Waals surface area contributed by atoms with Crippen molar-refractivity contribution in [1.82, 2.24) is 9.71 Å². The molecular weight excluding hydrogens is 262 g/mol. The first-order valence-corrected chi connectivity index (χ1v) is 7.26. The first kappa shape index (κ1) is 13.5. The summed E-state index contributed by atoms with van der Waals surface area (Å²) in [4.78, 5) is 3.89. The first-order valence-electron chi connectivity index (χ1n) is 5.78. The minimum atomic E-state index is -3.59. The molecular formula is C13H15N3O2S. The highest BCUT2D eigenvalue weighted by Crippen LogP contribution is 2.16. The Bertz CT molecular complexity index is 639. The second-order valence-electron chi connectivity index (χ2n) is 4.17. The number of nitrogens with one attached hydrogen (secondary N) is 1. The maximum absolute atomic E-state index is 12.1. The summed E-state index contributed by atoms with van der Waals surface area (Å²) in [5.41, 5.74) is 6.33. The van der Waals surface area contributed by atoms with Crippen molar-refractivity contribution in [3.63, 3.8) is 0 Å². The summed E-state index contributed by atoms with van der Waals surface area (Å²) in [6.07, 6.45) is 1.25. The molecule has 3 N–H and O–H groups in total. The molecule has 2 aromatic rings. The van der Waals surface area contributed by atoms with E-state index >= 15 is 0 Å². The quantitative estimate of drug-likeness (QED) is 0.890. The standard InChI is InChI=1S/C13H15N3O2S/c1-10(11-5-3-2-4-6-11)16-19(17,18)12-7-8-13(14)15-9-12/h2-10,16H,1H3,(H2,14,15)/t10-/m0/s1. The minimum absolute atomic E-state index is 0.101. The lowest BCUT2D eigenvalue weighted by atomic mass is 10.1. The molecule has 1 aromatic carbocycles. The van der Waals surface area contributed by atoms with Crippen molar-refractivity contribution in [2.75, 3.05) is 5.73 Å². The zero-order valence-electron chi connectivity index (χ0n) is 10.4. The predicted molar refractivity (Wildman–Crippen MR) is 73.8 cm³/mol. The van der Waals surface area contributed by atoms with E-state index in [2.05, 4.69) is 9.71 Å². The molecule has 0 spiro atoms. The van der Waals surface area contributed by atoms with Gasteiger partial charge >= 0.3 is 0 Å². The van der Waals surface area contributed by atoms with E-state index in [1.165, 1.54) is 18.3 Å². The van der Waals surface area contributed by atoms with Crippen LogP contribution >= 0.6 is 0 Å². The topological polar surface area (TPSA) is 85.1 Å². The van der Waals surface area contributed by atoms with Gasteiger partial charge in [0, 0.05) is 12.2 Å². The number of aromatic nitrogens is 1. The Morgan fingerprint density at radius 1 is 1.16 bits per heavy atom. The lowest BCUT2D eigenvalue weighted by Gasteiger charge is -2.14. The summed E-state index contributed by atoms with van der Waals surface area (Å²) < 4.78 is 26.9. The average Bonchev–Trinajstić information content (AvgIpc) is 2.40. The molecule has 0 saturated heterocycles. The first-order chi connectivity index (χ1) is 8.99. The van der Waals surface area contributed by atoms with Gasteiger partial charge in [0.2, 0.25) is 10.0 Å². The van der Waals surface area contributed by atoms with Crippen LogP contribution in [0.1, 0.15) is 18.5 Å². The second-order valence-corrected chi connectivity index (χ2v) is 5.89. The molecule has 100 valence electrons. The van der Waals surface area contributed by atoms with Crippen LogP contribution in [0.3, 0.4) is 0 Å². The summed E-state index contributed by atoms with van der Waals surface area (Å²) in [7, 11) is -3.59. The van der Waals surface area contributed by atoms with E-state index in [0.717, 1.165) is 5.56 Å². The van der Waals surface area contributed by atoms with Crippen LogP contribution in [0.25, 0.3) is 0 Å². The normalized spacial score (nSPS) is 13.1. The van der Waals surface area contributed by atoms with Crippen LogP contribution in [0.4, 0.5) is 5.82 Å². The van der Waals surface area contributed by atoms with Crippen LogP contribution in [-0.4, -0.2) is 13.4 Å². The lowest BCUT2D eigenvalue weighted by molar-refractivity contribution is 0.566. The van der Waals surface area contributed by atoms with Crippen molar-refractivity contribution < 1.29 is 8.42 Å². The van der Waals surface area contributed by atoms with Crippen molar-refractivity contribution in [3.05, 3.63) is 54.2 Å². The smallest absolute Gasteiger partial charge is 0.242 e. The van der Waals surface area contributed by atoms with Gasteiger partial charge in [-0.3, -0.25) is 0 Å². The highest BCUT2D eigenvalue weighted by atomic mass is 32.2. The Balaban J connectivity index is 2.20. The third-order valence-electron chi connectivity index (χ3n) is 2.70. The number of rotatable bonds is 4. The van der Waals surface area contributed by atoms with E-state index in [0.29, 0.717) is 0 Å². The largest absolute Gasteiger partial charge is 0.384 e. The summed E-state index contributed by atoms with van der Waals surface area (Å²) in [6, 6.07) is 11.9. The fraction of sp³-hybridized carbons (Fsp3) is 0.154. The monoisotopic (exact) mass is 277 g/mol. The lowest BCUT2D eigenvalue weighted by Crippen LogP contribution is -2.27. The summed E-state index contributed by atoms with van der Waals surface area (Å²) in [5.74, 6) is 0.287. The molecule has 6 heteroatoms. The third-order valence-corrected chi connectivity index (χ3v) is 4.23. The Kier molecular flexibility index (Phi) is 3.82. The van der Waals surface area contributed by atoms with Gasteiger partial charge in [-0.2, -0.15) is 0 Å². The molecule has 0 unspecified atom stereocenters. The highest BCUT2D eigenvalue weighted by Gasteiger charge is 2.18. The molecule has 1 aromatic heterocycles. The SMILES string of the molecule is C[C@H](NS(=O)(=O)c1ccc(N)nc1)c1ccccc1. The molecule has 2 rings (SSSR count). The zero-order valence-corrected chi connectivity index (χ0v) is 11.3. The predicted octanol–water partition coefficient (Wildman–Crippen LogP) is 1.70. The van der Waals surface area contributed by atoms with Crippen molar-refractivity contribution >= 4 is 15.8 Å². The Morgan fingerprint density at radius 3 is 2.42 bits per heavy atom. The van der Waals surface area contributed by atoms with Crippen LogP contribution in [0.2, 0.25) is 0 Å². The van der Waals surface area contributed by atoms with E-state index in [9.17, 15) is 8.42 Å². The molecule has 0 aliphatic carbocycles. The number of hydrogen-bond acceptors (Lipinski definition) is 4. The molecule has 0 fully saturated rings. The maximum atomic E-state index is 12.1. The van der Waals surface area contributed by atoms with Crippen molar-refractivity contribution in [1.29, 1.82) is 0 Å². The summed E-state index contributed by atoms with van der Waals surface area (Å²) in [5, 5.41) is 0. The summed E-state index contributed by atoms with van der Waals surface area (Å²) in [6.45, 7) is 1.79. The van der Waals surface area contributed by atoms with Gasteiger partial charge in [0.05, 0.1) is 0 Å². The molecule has 1 atom stereocenters. The van der Waals surface area contributed by atoms with Crippen LogP contribution in [0.15, 0.2) is 53.6 Å². The number of hydrogen-bond donors (Lipinski definition) is 2. The van der Waals surface area contributed by atoms with Crippen LogP contribution in [-0.2, 0) is 10.0 Å². The van der Waals surface area contributed by atoms with Crippen LogP contribution in [0.5, 0.6) is 0 Å². The molecule has 0 aliphatic rings. The van der Waals surface area contributed by atoms with Crippen LogP contribution < -0.4 is 10.5 Å². The van der Waals surface area contributed by atoms with Crippen molar-refractivity contribution in [3.8, 4) is 0 Å². The van der Waals surface area contributed by atoms with Gasteiger partial charge in [-0.05, 0) is 24.6 Å². The van der Waals surface area contributed by atoms with Crippen molar-refractivity contribution in [2.45, 2.75) is 17.9 Å². The van der Waals surface area contributed by atoms with E-state index in [4.69, 9.17) is 5.73 Å². The number of sulfonamides is 1. The van der Waals surface area contributed by atoms with Crippen molar-refractivity contribution in [2.24, 2.45) is 0 Å².